The van der Waals surface area contributed by atoms with Gasteiger partial charge in [-0.1, -0.05) is 24.3 Å². The fourth-order valence-electron chi connectivity index (χ4n) is 2.55. The van der Waals surface area contributed by atoms with Gasteiger partial charge in [-0.15, -0.1) is 0 Å². The number of carbonyl (C=O) groups is 1. The molecule has 1 heterocycles. The van der Waals surface area contributed by atoms with Gasteiger partial charge in [-0.05, 0) is 48.7 Å². The molecule has 0 fully saturated rings. The van der Waals surface area contributed by atoms with Crippen LogP contribution in [0.15, 0.2) is 54.9 Å². The molecule has 138 valence electrons. The van der Waals surface area contributed by atoms with Crippen LogP contribution in [0.1, 0.15) is 27.2 Å². The number of nitrogens with zero attached hydrogens (tertiary/aromatic N) is 2. The lowest BCUT2D eigenvalue weighted by Crippen LogP contribution is -2.24. The predicted octanol–water partition coefficient (Wildman–Crippen LogP) is 3.78. The molecule has 3 rings (SSSR count). The Hall–Kier alpha value is -3.41. The summed E-state index contributed by atoms with van der Waals surface area (Å²) in [6.45, 7) is 4.52. The first kappa shape index (κ1) is 18.4. The van der Waals surface area contributed by atoms with E-state index in [9.17, 15) is 4.79 Å². The lowest BCUT2D eigenvalue weighted by atomic mass is 10.1. The van der Waals surface area contributed by atoms with Crippen LogP contribution in [-0.2, 0) is 6.54 Å². The number of anilines is 2. The molecule has 0 aliphatic carbocycles. The second kappa shape index (κ2) is 8.31. The molecule has 27 heavy (non-hydrogen) atoms. The normalized spacial score (nSPS) is 10.3. The second-order valence-electron chi connectivity index (χ2n) is 6.19. The number of benzene rings is 2. The molecule has 1 amide bonds. The van der Waals surface area contributed by atoms with E-state index in [4.69, 9.17) is 4.74 Å². The number of carbonyl (C=O) groups excluding carboxylic acids is 1. The van der Waals surface area contributed by atoms with Crippen molar-refractivity contribution in [1.82, 2.24) is 15.3 Å². The van der Waals surface area contributed by atoms with E-state index >= 15 is 0 Å². The SMILES string of the molecule is COc1ccc(CNC(=O)c2cnc(Nc3cccc(C)c3C)cn2)cc1. The van der Waals surface area contributed by atoms with Gasteiger partial charge in [-0.2, -0.15) is 0 Å². The van der Waals surface area contributed by atoms with Crippen molar-refractivity contribution in [2.24, 2.45) is 0 Å². The molecule has 0 saturated carbocycles. The third-order valence-corrected chi connectivity index (χ3v) is 4.36. The smallest absolute Gasteiger partial charge is 0.271 e. The molecule has 0 radical (unpaired) electrons. The molecule has 2 N–H and O–H groups in total. The summed E-state index contributed by atoms with van der Waals surface area (Å²) >= 11 is 0. The van der Waals surface area contributed by atoms with Crippen LogP contribution >= 0.6 is 0 Å². The van der Waals surface area contributed by atoms with Gasteiger partial charge in [-0.3, -0.25) is 4.79 Å². The molecule has 0 aliphatic heterocycles. The molecule has 0 spiro atoms. The standard InChI is InChI=1S/C21H22N4O2/c1-14-5-4-6-18(15(14)2)25-20-13-22-19(12-23-20)21(26)24-11-16-7-9-17(27-3)10-8-16/h4-10,12-13H,11H2,1-3H3,(H,23,25)(H,24,26). The number of amides is 1. The summed E-state index contributed by atoms with van der Waals surface area (Å²) in [5, 5.41) is 6.07. The zero-order valence-corrected chi connectivity index (χ0v) is 15.6. The molecular weight excluding hydrogens is 340 g/mol. The Morgan fingerprint density at radius 3 is 2.48 bits per heavy atom. The summed E-state index contributed by atoms with van der Waals surface area (Å²) in [7, 11) is 1.62. The number of ether oxygens (including phenoxy) is 1. The molecular formula is C21H22N4O2. The number of hydrogen-bond acceptors (Lipinski definition) is 5. The van der Waals surface area contributed by atoms with Crippen molar-refractivity contribution in [2.45, 2.75) is 20.4 Å². The molecule has 0 aliphatic rings. The van der Waals surface area contributed by atoms with E-state index in [0.717, 1.165) is 22.6 Å². The Morgan fingerprint density at radius 1 is 1.04 bits per heavy atom. The Morgan fingerprint density at radius 2 is 1.81 bits per heavy atom. The van der Waals surface area contributed by atoms with Gasteiger partial charge >= 0.3 is 0 Å². The van der Waals surface area contributed by atoms with Gasteiger partial charge < -0.3 is 15.4 Å². The third kappa shape index (κ3) is 4.61. The highest BCUT2D eigenvalue weighted by molar-refractivity contribution is 5.92. The highest BCUT2D eigenvalue weighted by Crippen LogP contribution is 2.21. The lowest BCUT2D eigenvalue weighted by molar-refractivity contribution is 0.0945. The van der Waals surface area contributed by atoms with E-state index in [1.807, 2.05) is 43.3 Å². The van der Waals surface area contributed by atoms with Crippen LogP contribution in [0.5, 0.6) is 5.75 Å². The van der Waals surface area contributed by atoms with E-state index in [0.29, 0.717) is 12.4 Å². The van der Waals surface area contributed by atoms with Crippen molar-refractivity contribution in [1.29, 1.82) is 0 Å². The van der Waals surface area contributed by atoms with Crippen molar-refractivity contribution in [3.05, 3.63) is 77.2 Å². The predicted molar refractivity (Wildman–Crippen MR) is 105 cm³/mol. The van der Waals surface area contributed by atoms with Crippen LogP contribution < -0.4 is 15.4 Å². The summed E-state index contributed by atoms with van der Waals surface area (Å²) < 4.78 is 5.12. The van der Waals surface area contributed by atoms with Crippen molar-refractivity contribution in [3.63, 3.8) is 0 Å². The molecule has 0 bridgehead atoms. The van der Waals surface area contributed by atoms with Crippen LogP contribution in [0.2, 0.25) is 0 Å². The Balaban J connectivity index is 1.60. The number of methoxy groups -OCH3 is 1. The molecule has 2 aromatic carbocycles. The molecule has 0 saturated heterocycles. The van der Waals surface area contributed by atoms with Crippen molar-refractivity contribution >= 4 is 17.4 Å². The second-order valence-corrected chi connectivity index (χ2v) is 6.19. The van der Waals surface area contributed by atoms with E-state index < -0.39 is 0 Å². The van der Waals surface area contributed by atoms with Crippen LogP contribution in [0.25, 0.3) is 0 Å². The van der Waals surface area contributed by atoms with Gasteiger partial charge in [0.15, 0.2) is 0 Å². The fourth-order valence-corrected chi connectivity index (χ4v) is 2.55. The largest absolute Gasteiger partial charge is 0.497 e. The number of hydrogen-bond donors (Lipinski definition) is 2. The summed E-state index contributed by atoms with van der Waals surface area (Å²) in [6.07, 6.45) is 3.03. The van der Waals surface area contributed by atoms with Gasteiger partial charge in [0.1, 0.15) is 17.3 Å². The minimum absolute atomic E-state index is 0.267. The van der Waals surface area contributed by atoms with E-state index in [2.05, 4.69) is 33.6 Å². The number of nitrogens with one attached hydrogen (secondary N) is 2. The first-order valence-corrected chi connectivity index (χ1v) is 8.63. The highest BCUT2D eigenvalue weighted by atomic mass is 16.5. The Kier molecular flexibility index (Phi) is 5.66. The molecule has 1 aromatic heterocycles. The first-order chi connectivity index (χ1) is 13.1. The van der Waals surface area contributed by atoms with Crippen LogP contribution in [0.4, 0.5) is 11.5 Å². The third-order valence-electron chi connectivity index (χ3n) is 4.36. The van der Waals surface area contributed by atoms with E-state index in [1.54, 1.807) is 13.3 Å². The Bertz CT molecular complexity index is 922. The lowest BCUT2D eigenvalue weighted by Gasteiger charge is -2.11. The first-order valence-electron chi connectivity index (χ1n) is 8.63. The highest BCUT2D eigenvalue weighted by Gasteiger charge is 2.09. The minimum Gasteiger partial charge on any atom is -0.497 e. The monoisotopic (exact) mass is 362 g/mol. The van der Waals surface area contributed by atoms with Crippen molar-refractivity contribution in [3.8, 4) is 5.75 Å². The van der Waals surface area contributed by atoms with E-state index in [1.165, 1.54) is 11.8 Å². The maximum Gasteiger partial charge on any atom is 0.271 e. The van der Waals surface area contributed by atoms with Gasteiger partial charge in [0.05, 0.1) is 19.5 Å². The zero-order chi connectivity index (χ0) is 19.2. The number of aromatic nitrogens is 2. The van der Waals surface area contributed by atoms with Crippen LogP contribution in [0, 0.1) is 13.8 Å². The number of aryl methyl sites for hydroxylation is 1. The van der Waals surface area contributed by atoms with E-state index in [-0.39, 0.29) is 11.6 Å². The van der Waals surface area contributed by atoms with Crippen LogP contribution in [0.3, 0.4) is 0 Å². The Labute approximate surface area is 158 Å². The summed E-state index contributed by atoms with van der Waals surface area (Å²) in [6, 6.07) is 13.6. The summed E-state index contributed by atoms with van der Waals surface area (Å²) in [5.74, 6) is 1.11. The van der Waals surface area contributed by atoms with Crippen LogP contribution in [-0.4, -0.2) is 23.0 Å². The zero-order valence-electron chi connectivity index (χ0n) is 15.6. The fraction of sp³-hybridized carbons (Fsp3) is 0.190. The molecule has 6 nitrogen and oxygen atoms in total. The minimum atomic E-state index is -0.267. The summed E-state index contributed by atoms with van der Waals surface area (Å²) in [5.41, 5.74) is 4.57. The van der Waals surface area contributed by atoms with Gasteiger partial charge in [-0.25, -0.2) is 9.97 Å². The average molecular weight is 362 g/mol. The molecule has 6 heteroatoms. The average Bonchev–Trinajstić information content (AvgIpc) is 2.70. The van der Waals surface area contributed by atoms with Crippen molar-refractivity contribution in [2.75, 3.05) is 12.4 Å². The quantitative estimate of drug-likeness (QED) is 0.698. The van der Waals surface area contributed by atoms with Crippen molar-refractivity contribution < 1.29 is 9.53 Å². The molecule has 0 unspecified atom stereocenters. The van der Waals surface area contributed by atoms with Gasteiger partial charge in [0.2, 0.25) is 0 Å². The molecule has 3 aromatic rings. The maximum absolute atomic E-state index is 12.3. The number of rotatable bonds is 6. The topological polar surface area (TPSA) is 76.1 Å². The molecule has 0 atom stereocenters. The summed E-state index contributed by atoms with van der Waals surface area (Å²) in [4.78, 5) is 20.8. The van der Waals surface area contributed by atoms with Gasteiger partial charge in [0, 0.05) is 12.2 Å². The van der Waals surface area contributed by atoms with Gasteiger partial charge in [0.25, 0.3) is 5.91 Å². The maximum atomic E-state index is 12.3.